The highest BCUT2D eigenvalue weighted by Gasteiger charge is 2.20. The molecule has 60 valence electrons. The van der Waals surface area contributed by atoms with Crippen molar-refractivity contribution in [1.82, 2.24) is 15.5 Å². The summed E-state index contributed by atoms with van der Waals surface area (Å²) >= 11 is 0. The summed E-state index contributed by atoms with van der Waals surface area (Å²) in [6.07, 6.45) is 1.02. The van der Waals surface area contributed by atoms with Crippen molar-refractivity contribution in [3.63, 3.8) is 0 Å². The lowest BCUT2D eigenvalue weighted by atomic mass is 10.1. The maximum absolute atomic E-state index is 10.5. The minimum atomic E-state index is -0.466. The molecule has 1 atom stereocenters. The van der Waals surface area contributed by atoms with Crippen molar-refractivity contribution in [2.24, 2.45) is 0 Å². The highest BCUT2D eigenvalue weighted by atomic mass is 16.5. The summed E-state index contributed by atoms with van der Waals surface area (Å²) in [7, 11) is 0. The van der Waals surface area contributed by atoms with Gasteiger partial charge >= 0.3 is 5.76 Å². The van der Waals surface area contributed by atoms with Gasteiger partial charge < -0.3 is 5.32 Å². The van der Waals surface area contributed by atoms with E-state index < -0.39 is 5.76 Å². The fourth-order valence-electron chi connectivity index (χ4n) is 1.31. The molecule has 1 aliphatic rings. The first-order valence-electron chi connectivity index (χ1n) is 3.63. The summed E-state index contributed by atoms with van der Waals surface area (Å²) in [5.74, 6) is 0.522. The molecule has 5 heteroatoms. The molecule has 2 rings (SSSR count). The van der Waals surface area contributed by atoms with Gasteiger partial charge in [-0.15, -0.1) is 0 Å². The Balaban J connectivity index is 2.21. The van der Waals surface area contributed by atoms with Gasteiger partial charge in [0.05, 0.1) is 0 Å². The fourth-order valence-corrected chi connectivity index (χ4v) is 1.31. The molecular weight excluding hydrogens is 146 g/mol. The zero-order valence-corrected chi connectivity index (χ0v) is 5.96. The van der Waals surface area contributed by atoms with Gasteiger partial charge in [-0.25, -0.2) is 4.79 Å². The largest absolute Gasteiger partial charge is 0.438 e. The van der Waals surface area contributed by atoms with E-state index >= 15 is 0 Å². The number of H-pyrrole nitrogens is 1. The lowest BCUT2D eigenvalue weighted by Gasteiger charge is -1.98. The SMILES string of the molecule is O=c1[nH]c([C@@H]2CCNC2)no1. The summed E-state index contributed by atoms with van der Waals surface area (Å²) in [6.45, 7) is 1.86. The lowest BCUT2D eigenvalue weighted by Crippen LogP contribution is -2.09. The van der Waals surface area contributed by atoms with E-state index in [-0.39, 0.29) is 0 Å². The second-order valence-electron chi connectivity index (χ2n) is 2.67. The summed E-state index contributed by atoms with van der Waals surface area (Å²) in [4.78, 5) is 13.1. The summed E-state index contributed by atoms with van der Waals surface area (Å²) in [5, 5.41) is 6.79. The fraction of sp³-hybridized carbons (Fsp3) is 0.667. The Kier molecular flexibility index (Phi) is 1.50. The average molecular weight is 155 g/mol. The molecule has 0 unspecified atom stereocenters. The van der Waals surface area contributed by atoms with E-state index in [1.54, 1.807) is 0 Å². The van der Waals surface area contributed by atoms with Crippen molar-refractivity contribution in [2.75, 3.05) is 13.1 Å². The average Bonchev–Trinajstić information content (AvgIpc) is 2.55. The zero-order chi connectivity index (χ0) is 7.68. The molecule has 0 amide bonds. The zero-order valence-electron chi connectivity index (χ0n) is 5.96. The van der Waals surface area contributed by atoms with Crippen LogP contribution in [0.2, 0.25) is 0 Å². The standard InChI is InChI=1S/C6H9N3O2/c10-6-8-5(9-11-6)4-1-2-7-3-4/h4,7H,1-3H2,(H,8,9,10)/t4-/m1/s1. The Morgan fingerprint density at radius 1 is 1.64 bits per heavy atom. The Morgan fingerprint density at radius 3 is 3.09 bits per heavy atom. The van der Waals surface area contributed by atoms with E-state index in [1.165, 1.54) is 0 Å². The van der Waals surface area contributed by atoms with Crippen LogP contribution in [0.25, 0.3) is 0 Å². The molecule has 1 aromatic rings. The maximum atomic E-state index is 10.5. The molecule has 5 nitrogen and oxygen atoms in total. The van der Waals surface area contributed by atoms with Gasteiger partial charge in [-0.05, 0) is 13.0 Å². The Morgan fingerprint density at radius 2 is 2.55 bits per heavy atom. The number of hydrogen-bond donors (Lipinski definition) is 2. The molecule has 0 aromatic carbocycles. The van der Waals surface area contributed by atoms with Gasteiger partial charge in [0, 0.05) is 12.5 Å². The Hall–Kier alpha value is -1.10. The molecule has 11 heavy (non-hydrogen) atoms. The van der Waals surface area contributed by atoms with E-state index in [2.05, 4.69) is 20.0 Å². The molecule has 1 saturated heterocycles. The molecule has 0 radical (unpaired) electrons. The number of aromatic nitrogens is 2. The van der Waals surface area contributed by atoms with Gasteiger partial charge in [-0.2, -0.15) is 0 Å². The quantitative estimate of drug-likeness (QED) is 0.570. The van der Waals surface area contributed by atoms with Gasteiger partial charge in [-0.1, -0.05) is 5.16 Å². The third kappa shape index (κ3) is 1.19. The summed E-state index contributed by atoms with van der Waals surface area (Å²) in [6, 6.07) is 0. The molecule has 2 heterocycles. The lowest BCUT2D eigenvalue weighted by molar-refractivity contribution is 0.378. The van der Waals surface area contributed by atoms with E-state index in [4.69, 9.17) is 0 Å². The van der Waals surface area contributed by atoms with Crippen LogP contribution in [0, 0.1) is 0 Å². The first-order valence-corrected chi connectivity index (χ1v) is 3.63. The van der Waals surface area contributed by atoms with Crippen LogP contribution in [0.3, 0.4) is 0 Å². The second kappa shape index (κ2) is 2.50. The molecule has 1 aromatic heterocycles. The topological polar surface area (TPSA) is 70.9 Å². The van der Waals surface area contributed by atoms with Crippen LogP contribution in [-0.4, -0.2) is 23.2 Å². The molecule has 0 spiro atoms. The smallest absolute Gasteiger partial charge is 0.316 e. The Labute approximate surface area is 62.8 Å². The van der Waals surface area contributed by atoms with Crippen molar-refractivity contribution >= 4 is 0 Å². The third-order valence-electron chi connectivity index (χ3n) is 1.90. The number of rotatable bonds is 1. The van der Waals surface area contributed by atoms with Crippen molar-refractivity contribution in [1.29, 1.82) is 0 Å². The summed E-state index contributed by atoms with van der Waals surface area (Å²) < 4.78 is 4.39. The third-order valence-corrected chi connectivity index (χ3v) is 1.90. The molecule has 0 saturated carbocycles. The number of nitrogens with one attached hydrogen (secondary N) is 2. The van der Waals surface area contributed by atoms with E-state index in [1.807, 2.05) is 0 Å². The Bertz CT molecular complexity index is 284. The molecule has 0 aliphatic carbocycles. The van der Waals surface area contributed by atoms with Crippen molar-refractivity contribution in [2.45, 2.75) is 12.3 Å². The van der Waals surface area contributed by atoms with Crippen molar-refractivity contribution in [3.8, 4) is 0 Å². The van der Waals surface area contributed by atoms with Gasteiger partial charge in [0.15, 0.2) is 5.82 Å². The first kappa shape index (κ1) is 6.60. The van der Waals surface area contributed by atoms with Gasteiger partial charge in [-0.3, -0.25) is 9.51 Å². The van der Waals surface area contributed by atoms with Gasteiger partial charge in [0.2, 0.25) is 0 Å². The molecule has 0 bridgehead atoms. The molecule has 2 N–H and O–H groups in total. The predicted molar refractivity (Wildman–Crippen MR) is 37.4 cm³/mol. The first-order chi connectivity index (χ1) is 5.36. The van der Waals surface area contributed by atoms with Crippen LogP contribution < -0.4 is 11.1 Å². The van der Waals surface area contributed by atoms with Crippen LogP contribution in [-0.2, 0) is 0 Å². The maximum Gasteiger partial charge on any atom is 0.438 e. The van der Waals surface area contributed by atoms with Crippen LogP contribution in [0.15, 0.2) is 9.32 Å². The van der Waals surface area contributed by atoms with Gasteiger partial charge in [0.1, 0.15) is 0 Å². The van der Waals surface area contributed by atoms with E-state index in [0.717, 1.165) is 19.5 Å². The predicted octanol–water partition coefficient (Wildman–Crippen LogP) is -0.560. The summed E-state index contributed by atoms with van der Waals surface area (Å²) in [5.41, 5.74) is 0. The highest BCUT2D eigenvalue weighted by Crippen LogP contribution is 2.16. The van der Waals surface area contributed by atoms with Crippen LogP contribution >= 0.6 is 0 Å². The highest BCUT2D eigenvalue weighted by molar-refractivity contribution is 4.96. The van der Waals surface area contributed by atoms with Crippen LogP contribution in [0.1, 0.15) is 18.2 Å². The minimum absolute atomic E-state index is 0.321. The molecule has 1 fully saturated rings. The minimum Gasteiger partial charge on any atom is -0.316 e. The second-order valence-corrected chi connectivity index (χ2v) is 2.67. The number of nitrogens with zero attached hydrogens (tertiary/aromatic N) is 1. The van der Waals surface area contributed by atoms with Gasteiger partial charge in [0.25, 0.3) is 0 Å². The van der Waals surface area contributed by atoms with E-state index in [9.17, 15) is 4.79 Å². The normalized spacial score (nSPS) is 24.2. The van der Waals surface area contributed by atoms with E-state index in [0.29, 0.717) is 11.7 Å². The molecule has 1 aliphatic heterocycles. The monoisotopic (exact) mass is 155 g/mol. The van der Waals surface area contributed by atoms with Crippen molar-refractivity contribution in [3.05, 3.63) is 16.4 Å². The molecular formula is C6H9N3O2. The van der Waals surface area contributed by atoms with Crippen LogP contribution in [0.4, 0.5) is 0 Å². The van der Waals surface area contributed by atoms with Crippen LogP contribution in [0.5, 0.6) is 0 Å². The number of aromatic amines is 1. The van der Waals surface area contributed by atoms with Crippen molar-refractivity contribution < 1.29 is 4.52 Å². The number of hydrogen-bond acceptors (Lipinski definition) is 4.